The Bertz CT molecular complexity index is 775. The van der Waals surface area contributed by atoms with E-state index >= 15 is 0 Å². The number of carbonyl (C=O) groups is 1. The van der Waals surface area contributed by atoms with Gasteiger partial charge in [0.1, 0.15) is 0 Å². The zero-order chi connectivity index (χ0) is 19.4. The maximum Gasteiger partial charge on any atom is 0.319 e. The van der Waals surface area contributed by atoms with Gasteiger partial charge in [0.05, 0.1) is 0 Å². The number of benzene rings is 2. The van der Waals surface area contributed by atoms with Crippen molar-refractivity contribution < 1.29 is 4.79 Å². The minimum atomic E-state index is -0.123. The van der Waals surface area contributed by atoms with E-state index in [2.05, 4.69) is 58.9 Å². The van der Waals surface area contributed by atoms with Gasteiger partial charge >= 0.3 is 6.03 Å². The normalized spacial score (nSPS) is 19.0. The molecule has 1 saturated carbocycles. The summed E-state index contributed by atoms with van der Waals surface area (Å²) in [6.07, 6.45) is 6.02. The first-order valence-corrected chi connectivity index (χ1v) is 10.6. The lowest BCUT2D eigenvalue weighted by Gasteiger charge is -2.42. The van der Waals surface area contributed by atoms with Crippen molar-refractivity contribution in [1.29, 1.82) is 0 Å². The van der Waals surface area contributed by atoms with Crippen LogP contribution < -0.4 is 15.5 Å². The highest BCUT2D eigenvalue weighted by Crippen LogP contribution is 2.43. The Labute approximate surface area is 168 Å². The quantitative estimate of drug-likeness (QED) is 0.755. The lowest BCUT2D eigenvalue weighted by atomic mass is 9.64. The van der Waals surface area contributed by atoms with Crippen LogP contribution in [0.25, 0.3) is 0 Å². The fourth-order valence-corrected chi connectivity index (χ4v) is 4.41. The summed E-state index contributed by atoms with van der Waals surface area (Å²) >= 11 is 0. The fourth-order valence-electron chi connectivity index (χ4n) is 4.41. The van der Waals surface area contributed by atoms with Crippen molar-refractivity contribution >= 4 is 17.4 Å². The molecule has 1 aliphatic heterocycles. The van der Waals surface area contributed by atoms with Crippen LogP contribution in [0.1, 0.15) is 44.6 Å². The average molecular weight is 378 g/mol. The van der Waals surface area contributed by atoms with Crippen LogP contribution in [0.5, 0.6) is 0 Å². The van der Waals surface area contributed by atoms with Crippen LogP contribution in [-0.4, -0.2) is 25.7 Å². The number of rotatable bonds is 5. The summed E-state index contributed by atoms with van der Waals surface area (Å²) in [5.41, 5.74) is 3.53. The molecular formula is C24H31N3O. The molecule has 2 amide bonds. The van der Waals surface area contributed by atoms with Gasteiger partial charge in [0.2, 0.25) is 0 Å². The van der Waals surface area contributed by atoms with Crippen molar-refractivity contribution in [2.75, 3.05) is 29.9 Å². The van der Waals surface area contributed by atoms with Gasteiger partial charge in [0.15, 0.2) is 0 Å². The van der Waals surface area contributed by atoms with Crippen LogP contribution >= 0.6 is 0 Å². The van der Waals surface area contributed by atoms with Gasteiger partial charge in [0, 0.05) is 36.4 Å². The summed E-state index contributed by atoms with van der Waals surface area (Å²) in [6, 6.07) is 18.7. The molecule has 0 spiro atoms. The molecule has 148 valence electrons. The Hall–Kier alpha value is -2.49. The first kappa shape index (κ1) is 18.9. The summed E-state index contributed by atoms with van der Waals surface area (Å²) in [4.78, 5) is 14.9. The molecule has 2 N–H and O–H groups in total. The molecule has 0 bridgehead atoms. The molecule has 0 atom stereocenters. The summed E-state index contributed by atoms with van der Waals surface area (Å²) in [5, 5.41) is 6.08. The molecule has 0 radical (unpaired) electrons. The minimum absolute atomic E-state index is 0.105. The number of anilines is 2. The highest BCUT2D eigenvalue weighted by molar-refractivity contribution is 5.89. The second-order valence-corrected chi connectivity index (χ2v) is 8.52. The van der Waals surface area contributed by atoms with Crippen molar-refractivity contribution in [3.63, 3.8) is 0 Å². The van der Waals surface area contributed by atoms with E-state index in [-0.39, 0.29) is 11.4 Å². The predicted molar refractivity (Wildman–Crippen MR) is 116 cm³/mol. The highest BCUT2D eigenvalue weighted by atomic mass is 16.2. The first-order chi connectivity index (χ1) is 13.6. The average Bonchev–Trinajstić information content (AvgIpc) is 2.69. The molecule has 4 nitrogen and oxygen atoms in total. The molecule has 0 unspecified atom stereocenters. The van der Waals surface area contributed by atoms with Crippen molar-refractivity contribution in [3.8, 4) is 0 Å². The van der Waals surface area contributed by atoms with E-state index in [0.717, 1.165) is 37.5 Å². The van der Waals surface area contributed by atoms with Crippen molar-refractivity contribution in [2.45, 2.75) is 44.4 Å². The van der Waals surface area contributed by atoms with Crippen molar-refractivity contribution in [2.24, 2.45) is 5.92 Å². The smallest absolute Gasteiger partial charge is 0.319 e. The molecule has 2 aromatic carbocycles. The third-order valence-electron chi connectivity index (χ3n) is 6.56. The Morgan fingerprint density at radius 2 is 1.71 bits per heavy atom. The maximum absolute atomic E-state index is 12.4. The number of piperidine rings is 1. The number of carbonyl (C=O) groups excluding carboxylic acids is 1. The molecule has 1 aliphatic carbocycles. The molecule has 4 rings (SSSR count). The Balaban J connectivity index is 1.30. The van der Waals surface area contributed by atoms with Gasteiger partial charge in [-0.3, -0.25) is 0 Å². The Morgan fingerprint density at radius 1 is 1.04 bits per heavy atom. The van der Waals surface area contributed by atoms with Crippen LogP contribution in [0.4, 0.5) is 16.2 Å². The minimum Gasteiger partial charge on any atom is -0.372 e. The summed E-state index contributed by atoms with van der Waals surface area (Å²) in [6.45, 7) is 5.26. The van der Waals surface area contributed by atoms with Gasteiger partial charge in [-0.1, -0.05) is 43.7 Å². The molecule has 1 heterocycles. The lowest BCUT2D eigenvalue weighted by molar-refractivity contribution is 0.222. The highest BCUT2D eigenvalue weighted by Gasteiger charge is 2.38. The van der Waals surface area contributed by atoms with Gasteiger partial charge in [-0.05, 0) is 61.4 Å². The van der Waals surface area contributed by atoms with Gasteiger partial charge in [-0.2, -0.15) is 0 Å². The third-order valence-corrected chi connectivity index (χ3v) is 6.56. The van der Waals surface area contributed by atoms with Crippen molar-refractivity contribution in [1.82, 2.24) is 5.32 Å². The SMILES string of the molecule is CC1CCN(c2ccc(NC(=O)NCC3(c4ccccc4)CCC3)cc2)CC1. The zero-order valence-electron chi connectivity index (χ0n) is 16.8. The van der Waals surface area contributed by atoms with Crippen LogP contribution in [-0.2, 0) is 5.41 Å². The predicted octanol–water partition coefficient (Wildman–Crippen LogP) is 5.17. The van der Waals surface area contributed by atoms with Crippen LogP contribution in [0.3, 0.4) is 0 Å². The Kier molecular flexibility index (Phi) is 5.56. The van der Waals surface area contributed by atoms with E-state index in [1.165, 1.54) is 30.5 Å². The number of hydrogen-bond acceptors (Lipinski definition) is 2. The van der Waals surface area contributed by atoms with E-state index in [9.17, 15) is 4.79 Å². The molecule has 1 saturated heterocycles. The van der Waals surface area contributed by atoms with E-state index < -0.39 is 0 Å². The molecular weight excluding hydrogens is 346 g/mol. The Morgan fingerprint density at radius 3 is 2.32 bits per heavy atom. The molecule has 28 heavy (non-hydrogen) atoms. The van der Waals surface area contributed by atoms with Gasteiger partial charge in [0.25, 0.3) is 0 Å². The number of hydrogen-bond donors (Lipinski definition) is 2. The topological polar surface area (TPSA) is 44.4 Å². The monoisotopic (exact) mass is 377 g/mol. The second kappa shape index (κ2) is 8.26. The van der Waals surface area contributed by atoms with Gasteiger partial charge in [-0.15, -0.1) is 0 Å². The van der Waals surface area contributed by atoms with Gasteiger partial charge in [-0.25, -0.2) is 4.79 Å². The van der Waals surface area contributed by atoms with E-state index in [1.807, 2.05) is 18.2 Å². The maximum atomic E-state index is 12.4. The van der Waals surface area contributed by atoms with E-state index in [1.54, 1.807) is 0 Å². The fraction of sp³-hybridized carbons (Fsp3) is 0.458. The molecule has 4 heteroatoms. The largest absolute Gasteiger partial charge is 0.372 e. The lowest BCUT2D eigenvalue weighted by Crippen LogP contribution is -2.46. The molecule has 2 aromatic rings. The second-order valence-electron chi connectivity index (χ2n) is 8.52. The van der Waals surface area contributed by atoms with Crippen LogP contribution in [0.15, 0.2) is 54.6 Å². The molecule has 0 aromatic heterocycles. The number of urea groups is 1. The molecule has 2 aliphatic rings. The summed E-state index contributed by atoms with van der Waals surface area (Å²) < 4.78 is 0. The molecule has 2 fully saturated rings. The van der Waals surface area contributed by atoms with E-state index in [0.29, 0.717) is 6.54 Å². The summed E-state index contributed by atoms with van der Waals surface area (Å²) in [7, 11) is 0. The van der Waals surface area contributed by atoms with Crippen LogP contribution in [0, 0.1) is 5.92 Å². The number of nitrogens with one attached hydrogen (secondary N) is 2. The van der Waals surface area contributed by atoms with Crippen LogP contribution in [0.2, 0.25) is 0 Å². The van der Waals surface area contributed by atoms with Gasteiger partial charge < -0.3 is 15.5 Å². The third kappa shape index (κ3) is 4.16. The number of amides is 2. The van der Waals surface area contributed by atoms with E-state index in [4.69, 9.17) is 0 Å². The number of nitrogens with zero attached hydrogens (tertiary/aromatic N) is 1. The van der Waals surface area contributed by atoms with Crippen molar-refractivity contribution in [3.05, 3.63) is 60.2 Å². The summed E-state index contributed by atoms with van der Waals surface area (Å²) in [5.74, 6) is 0.829. The zero-order valence-corrected chi connectivity index (χ0v) is 16.8. The first-order valence-electron chi connectivity index (χ1n) is 10.6. The standard InChI is InChI=1S/C24H31N3O/c1-19-12-16-27(17-13-19)22-10-8-21(9-11-22)26-23(28)25-18-24(14-5-15-24)20-6-3-2-4-7-20/h2-4,6-11,19H,5,12-18H2,1H3,(H2,25,26,28).